The molecule has 182 valence electrons. The van der Waals surface area contributed by atoms with E-state index in [2.05, 4.69) is 24.0 Å². The van der Waals surface area contributed by atoms with Crippen LogP contribution in [0, 0.1) is 11.3 Å². The third-order valence-electron chi connectivity index (χ3n) is 9.24. The van der Waals surface area contributed by atoms with Gasteiger partial charge >= 0.3 is 11.9 Å². The van der Waals surface area contributed by atoms with Crippen LogP contribution in [0.25, 0.3) is 0 Å². The van der Waals surface area contributed by atoms with E-state index >= 15 is 0 Å². The second kappa shape index (κ2) is 7.65. The van der Waals surface area contributed by atoms with E-state index in [0.29, 0.717) is 12.3 Å². The van der Waals surface area contributed by atoms with Crippen molar-refractivity contribution in [2.24, 2.45) is 11.3 Å². The van der Waals surface area contributed by atoms with Crippen molar-refractivity contribution in [1.29, 1.82) is 0 Å². The number of esters is 2. The maximum atomic E-state index is 12.2. The van der Waals surface area contributed by atoms with Crippen LogP contribution >= 0.6 is 0 Å². The molecule has 2 aliphatic heterocycles. The number of methoxy groups -OCH3 is 1. The van der Waals surface area contributed by atoms with Gasteiger partial charge in [0, 0.05) is 37.9 Å². The van der Waals surface area contributed by atoms with Crippen LogP contribution in [-0.2, 0) is 28.5 Å². The van der Waals surface area contributed by atoms with Crippen molar-refractivity contribution in [3.8, 4) is 0 Å². The first-order chi connectivity index (χ1) is 15.6. The summed E-state index contributed by atoms with van der Waals surface area (Å²) < 4.78 is 24.8. The molecule has 2 saturated carbocycles. The summed E-state index contributed by atoms with van der Waals surface area (Å²) in [6.07, 6.45) is 9.16. The highest BCUT2D eigenvalue weighted by molar-refractivity contribution is 5.68. The van der Waals surface area contributed by atoms with Crippen molar-refractivity contribution in [1.82, 2.24) is 4.90 Å². The quantitative estimate of drug-likeness (QED) is 0.598. The standard InChI is InChI=1S/C26H37NO6/c1-15(28)31-22-18-13-17-9-10-24(3)20(7-8-21(24)30-6)26(17)12-11-25(18,33-26)14-19(27(4)5)23(22)32-16(2)29/h9,13,19-23H,7-8,10-12,14H2,1-6H3/t19?,20-,21+,22-,23-,24+,25-,26-/m1/s1. The zero-order chi connectivity index (χ0) is 23.8. The first kappa shape index (κ1) is 23.1. The number of ether oxygens (including phenoxy) is 4. The summed E-state index contributed by atoms with van der Waals surface area (Å²) >= 11 is 0. The van der Waals surface area contributed by atoms with E-state index < -0.39 is 17.8 Å². The molecule has 0 N–H and O–H groups in total. The lowest BCUT2D eigenvalue weighted by Crippen LogP contribution is -2.63. The fourth-order valence-electron chi connectivity index (χ4n) is 7.86. The van der Waals surface area contributed by atoms with Gasteiger partial charge in [0.1, 0.15) is 0 Å². The van der Waals surface area contributed by atoms with Gasteiger partial charge in [0.05, 0.1) is 23.3 Å². The smallest absolute Gasteiger partial charge is 0.303 e. The number of likely N-dealkylation sites (N-methyl/N-ethyl adjacent to an activating group) is 1. The van der Waals surface area contributed by atoms with E-state index in [0.717, 1.165) is 37.7 Å². The molecule has 0 amide bonds. The van der Waals surface area contributed by atoms with Gasteiger partial charge in [-0.15, -0.1) is 0 Å². The molecule has 2 bridgehead atoms. The average Bonchev–Trinajstić information content (AvgIpc) is 3.24. The molecule has 2 spiro atoms. The maximum absolute atomic E-state index is 12.2. The third-order valence-corrected chi connectivity index (χ3v) is 9.24. The topological polar surface area (TPSA) is 74.3 Å². The number of hydrogen-bond donors (Lipinski definition) is 0. The van der Waals surface area contributed by atoms with E-state index in [1.165, 1.54) is 19.4 Å². The summed E-state index contributed by atoms with van der Waals surface area (Å²) in [5.41, 5.74) is 1.36. The predicted molar refractivity (Wildman–Crippen MR) is 121 cm³/mol. The predicted octanol–water partition coefficient (Wildman–Crippen LogP) is 3.17. The van der Waals surface area contributed by atoms with E-state index in [-0.39, 0.29) is 35.1 Å². The van der Waals surface area contributed by atoms with Crippen molar-refractivity contribution in [3.63, 3.8) is 0 Å². The van der Waals surface area contributed by atoms with Gasteiger partial charge in [0.2, 0.25) is 0 Å². The Morgan fingerprint density at radius 2 is 1.85 bits per heavy atom. The normalized spacial score (nSPS) is 45.5. The van der Waals surface area contributed by atoms with Crippen molar-refractivity contribution in [2.45, 2.75) is 94.9 Å². The lowest BCUT2D eigenvalue weighted by Gasteiger charge is -2.56. The van der Waals surface area contributed by atoms with Gasteiger partial charge in [-0.1, -0.05) is 19.1 Å². The summed E-state index contributed by atoms with van der Waals surface area (Å²) in [6, 6.07) is -0.124. The average molecular weight is 460 g/mol. The lowest BCUT2D eigenvalue weighted by molar-refractivity contribution is -0.193. The van der Waals surface area contributed by atoms with Gasteiger partial charge in [0.25, 0.3) is 0 Å². The molecule has 5 rings (SSSR count). The van der Waals surface area contributed by atoms with E-state index in [4.69, 9.17) is 18.9 Å². The van der Waals surface area contributed by atoms with E-state index in [9.17, 15) is 9.59 Å². The SMILES string of the molecule is CO[C@H]1CC[C@@H]2[C@]1(C)CC=C1C=C3[C@@H](OC(C)=O)[C@H](OC(C)=O)C(N(C)C)C[C@]34CC[C@@]12O4. The van der Waals surface area contributed by atoms with Gasteiger partial charge in [-0.2, -0.15) is 0 Å². The van der Waals surface area contributed by atoms with Crippen LogP contribution in [0.15, 0.2) is 23.3 Å². The molecular weight excluding hydrogens is 422 g/mol. The molecule has 1 saturated heterocycles. The summed E-state index contributed by atoms with van der Waals surface area (Å²) in [4.78, 5) is 26.3. The highest BCUT2D eigenvalue weighted by Gasteiger charge is 2.69. The second-order valence-electron chi connectivity index (χ2n) is 11.1. The molecule has 33 heavy (non-hydrogen) atoms. The lowest BCUT2D eigenvalue weighted by atomic mass is 9.60. The summed E-state index contributed by atoms with van der Waals surface area (Å²) in [5, 5.41) is 0. The fraction of sp³-hybridized carbons (Fsp3) is 0.769. The van der Waals surface area contributed by atoms with E-state index in [1.807, 2.05) is 21.2 Å². The first-order valence-corrected chi connectivity index (χ1v) is 12.2. The van der Waals surface area contributed by atoms with Gasteiger partial charge in [0.15, 0.2) is 12.2 Å². The molecule has 0 aromatic carbocycles. The Morgan fingerprint density at radius 3 is 2.48 bits per heavy atom. The zero-order valence-electron chi connectivity index (χ0n) is 20.7. The van der Waals surface area contributed by atoms with Crippen molar-refractivity contribution >= 4 is 11.9 Å². The molecule has 0 aromatic heterocycles. The van der Waals surface area contributed by atoms with Gasteiger partial charge in [-0.25, -0.2) is 0 Å². The monoisotopic (exact) mass is 459 g/mol. The van der Waals surface area contributed by atoms with Crippen LogP contribution in [0.5, 0.6) is 0 Å². The highest BCUT2D eigenvalue weighted by atomic mass is 16.6. The molecule has 5 aliphatic rings. The minimum Gasteiger partial charge on any atom is -0.457 e. The number of nitrogens with zero attached hydrogens (tertiary/aromatic N) is 1. The van der Waals surface area contributed by atoms with Crippen LogP contribution < -0.4 is 0 Å². The summed E-state index contributed by atoms with van der Waals surface area (Å²) in [6.45, 7) is 5.18. The number of carbonyl (C=O) groups excluding carboxylic acids is 2. The summed E-state index contributed by atoms with van der Waals surface area (Å²) in [5.74, 6) is -0.364. The molecule has 2 heterocycles. The van der Waals surface area contributed by atoms with Crippen LogP contribution in [0.1, 0.15) is 59.3 Å². The molecule has 7 heteroatoms. The molecule has 0 aromatic rings. The Morgan fingerprint density at radius 1 is 1.12 bits per heavy atom. The Bertz CT molecular complexity index is 926. The zero-order valence-corrected chi connectivity index (χ0v) is 20.7. The van der Waals surface area contributed by atoms with Gasteiger partial charge < -0.3 is 23.8 Å². The molecular formula is C26H37NO6. The second-order valence-corrected chi connectivity index (χ2v) is 11.1. The first-order valence-electron chi connectivity index (χ1n) is 12.2. The van der Waals surface area contributed by atoms with Crippen molar-refractivity contribution in [3.05, 3.63) is 23.3 Å². The largest absolute Gasteiger partial charge is 0.457 e. The Kier molecular flexibility index (Phi) is 5.35. The van der Waals surface area contributed by atoms with Crippen molar-refractivity contribution < 1.29 is 28.5 Å². The Hall–Kier alpha value is -1.70. The minimum atomic E-state index is -0.659. The fourth-order valence-corrected chi connectivity index (χ4v) is 7.86. The molecule has 3 aliphatic carbocycles. The molecule has 7 nitrogen and oxygen atoms in total. The van der Waals surface area contributed by atoms with E-state index in [1.54, 1.807) is 0 Å². The summed E-state index contributed by atoms with van der Waals surface area (Å²) in [7, 11) is 5.79. The van der Waals surface area contributed by atoms with Gasteiger partial charge in [-0.05, 0) is 58.2 Å². The molecule has 1 unspecified atom stereocenters. The minimum absolute atomic E-state index is 0.0559. The Balaban J connectivity index is 1.62. The number of allylic oxidation sites excluding steroid dienone is 1. The van der Waals surface area contributed by atoms with Gasteiger partial charge in [-0.3, -0.25) is 9.59 Å². The maximum Gasteiger partial charge on any atom is 0.303 e. The number of rotatable bonds is 4. The molecule has 0 radical (unpaired) electrons. The third kappa shape index (κ3) is 3.18. The van der Waals surface area contributed by atoms with Crippen LogP contribution in [0.3, 0.4) is 0 Å². The highest BCUT2D eigenvalue weighted by Crippen LogP contribution is 2.67. The molecule has 3 fully saturated rings. The number of carbonyl (C=O) groups is 2. The number of fused-ring (bicyclic) bond motifs is 1. The van der Waals surface area contributed by atoms with Crippen LogP contribution in [0.4, 0.5) is 0 Å². The van der Waals surface area contributed by atoms with Crippen molar-refractivity contribution in [2.75, 3.05) is 21.2 Å². The van der Waals surface area contributed by atoms with Crippen LogP contribution in [-0.4, -0.2) is 73.6 Å². The Labute approximate surface area is 196 Å². The number of hydrogen-bond acceptors (Lipinski definition) is 7. The van der Waals surface area contributed by atoms with Crippen LogP contribution in [0.2, 0.25) is 0 Å². The molecule has 8 atom stereocenters.